The molecule has 1 atom stereocenters. The Morgan fingerprint density at radius 2 is 1.88 bits per heavy atom. The third-order valence-corrected chi connectivity index (χ3v) is 2.74. The molecule has 0 saturated carbocycles. The van der Waals surface area contributed by atoms with Crippen LogP contribution in [0.4, 0.5) is 0 Å². The summed E-state index contributed by atoms with van der Waals surface area (Å²) in [6.45, 7) is 2.19. The van der Waals surface area contributed by atoms with Crippen LogP contribution in [-0.4, -0.2) is 8.76 Å². The molecule has 0 fully saturated rings. The minimum atomic E-state index is -2.48. The van der Waals surface area contributed by atoms with Crippen LogP contribution < -0.4 is 4.18 Å². The van der Waals surface area contributed by atoms with Gasteiger partial charge in [-0.1, -0.05) is 38.3 Å². The molecular weight excluding hydrogens is 224 g/mol. The number of rotatable bonds is 7. The molecule has 0 N–H and O–H groups in total. The van der Waals surface area contributed by atoms with Gasteiger partial charge in [-0.25, -0.2) is 4.21 Å². The molecule has 1 aromatic rings. The van der Waals surface area contributed by atoms with Gasteiger partial charge < -0.3 is 8.74 Å². The van der Waals surface area contributed by atoms with Gasteiger partial charge in [-0.15, -0.1) is 0 Å². The smallest absolute Gasteiger partial charge is 0.139 e. The van der Waals surface area contributed by atoms with Crippen molar-refractivity contribution in [3.05, 3.63) is 29.8 Å². The van der Waals surface area contributed by atoms with E-state index in [1.54, 1.807) is 12.1 Å². The fourth-order valence-corrected chi connectivity index (χ4v) is 1.81. The molecule has 1 rings (SSSR count). The lowest BCUT2D eigenvalue weighted by atomic mass is 10.1. The SMILES string of the molecule is CCCCCCc1ccc(OS(=O)[O-])cc1. The lowest BCUT2D eigenvalue weighted by Gasteiger charge is -2.07. The molecule has 3 nitrogen and oxygen atoms in total. The molecule has 0 aromatic heterocycles. The van der Waals surface area contributed by atoms with Crippen molar-refractivity contribution in [1.82, 2.24) is 0 Å². The van der Waals surface area contributed by atoms with Crippen molar-refractivity contribution < 1.29 is 12.9 Å². The number of benzene rings is 1. The van der Waals surface area contributed by atoms with Crippen molar-refractivity contribution in [2.24, 2.45) is 0 Å². The number of unbranched alkanes of at least 4 members (excludes halogenated alkanes) is 3. The highest BCUT2D eigenvalue weighted by Crippen LogP contribution is 2.15. The van der Waals surface area contributed by atoms with Gasteiger partial charge in [0.25, 0.3) is 0 Å². The monoisotopic (exact) mass is 241 g/mol. The lowest BCUT2D eigenvalue weighted by Crippen LogP contribution is -1.97. The highest BCUT2D eigenvalue weighted by molar-refractivity contribution is 7.74. The van der Waals surface area contributed by atoms with E-state index in [9.17, 15) is 8.76 Å². The maximum atomic E-state index is 10.3. The van der Waals surface area contributed by atoms with Crippen molar-refractivity contribution in [2.45, 2.75) is 39.0 Å². The number of hydrogen-bond donors (Lipinski definition) is 0. The largest absolute Gasteiger partial charge is 0.740 e. The molecule has 0 bridgehead atoms. The van der Waals surface area contributed by atoms with E-state index < -0.39 is 11.4 Å². The molecule has 0 spiro atoms. The van der Waals surface area contributed by atoms with Gasteiger partial charge in [-0.3, -0.25) is 0 Å². The fourth-order valence-electron chi connectivity index (χ4n) is 1.55. The molecule has 4 heteroatoms. The van der Waals surface area contributed by atoms with E-state index in [1.165, 1.54) is 31.2 Å². The topological polar surface area (TPSA) is 49.4 Å². The van der Waals surface area contributed by atoms with Gasteiger partial charge in [-0.05, 0) is 30.5 Å². The molecule has 1 aromatic carbocycles. The Balaban J connectivity index is 2.36. The first-order chi connectivity index (χ1) is 7.72. The van der Waals surface area contributed by atoms with Crippen molar-refractivity contribution in [1.29, 1.82) is 0 Å². The van der Waals surface area contributed by atoms with Gasteiger partial charge in [0.15, 0.2) is 0 Å². The first-order valence-corrected chi connectivity index (χ1v) is 6.59. The average molecular weight is 241 g/mol. The van der Waals surface area contributed by atoms with Gasteiger partial charge in [-0.2, -0.15) is 0 Å². The van der Waals surface area contributed by atoms with Crippen molar-refractivity contribution in [2.75, 3.05) is 0 Å². The molecule has 0 aliphatic rings. The Kier molecular flexibility index (Phi) is 6.11. The van der Waals surface area contributed by atoms with E-state index in [2.05, 4.69) is 11.1 Å². The summed E-state index contributed by atoms with van der Waals surface area (Å²) in [6.07, 6.45) is 5.99. The third-order valence-electron chi connectivity index (χ3n) is 2.41. The van der Waals surface area contributed by atoms with Gasteiger partial charge in [0.1, 0.15) is 17.1 Å². The molecule has 0 heterocycles. The quantitative estimate of drug-likeness (QED) is 0.544. The predicted molar refractivity (Wildman–Crippen MR) is 63.8 cm³/mol. The molecule has 90 valence electrons. The first-order valence-electron chi connectivity index (χ1n) is 5.59. The molecule has 0 amide bonds. The van der Waals surface area contributed by atoms with E-state index in [1.807, 2.05) is 12.1 Å². The normalized spacial score (nSPS) is 12.4. The van der Waals surface area contributed by atoms with Crippen LogP contribution in [0.2, 0.25) is 0 Å². The van der Waals surface area contributed by atoms with Crippen LogP contribution in [0.25, 0.3) is 0 Å². The molecular formula is C12H17O3S-. The molecule has 16 heavy (non-hydrogen) atoms. The van der Waals surface area contributed by atoms with Crippen molar-refractivity contribution in [3.8, 4) is 5.75 Å². The second kappa shape index (κ2) is 7.41. The molecule has 0 aliphatic heterocycles. The summed E-state index contributed by atoms with van der Waals surface area (Å²) in [5, 5.41) is 0. The van der Waals surface area contributed by atoms with Crippen LogP contribution in [0.1, 0.15) is 38.2 Å². The first kappa shape index (κ1) is 13.2. The van der Waals surface area contributed by atoms with Crippen LogP contribution >= 0.6 is 0 Å². The van der Waals surface area contributed by atoms with Gasteiger partial charge in [0.05, 0.1) is 0 Å². The third kappa shape index (κ3) is 5.28. The van der Waals surface area contributed by atoms with E-state index in [0.29, 0.717) is 5.75 Å². The van der Waals surface area contributed by atoms with Crippen LogP contribution in [0.5, 0.6) is 5.75 Å². The fraction of sp³-hybridized carbons (Fsp3) is 0.500. The average Bonchev–Trinajstić information content (AvgIpc) is 2.26. The lowest BCUT2D eigenvalue weighted by molar-refractivity contribution is 0.440. The maximum Gasteiger partial charge on any atom is 0.139 e. The standard InChI is InChI=1S/C12H18O3S/c1-2-3-4-5-6-11-7-9-12(10-8-11)15-16(13)14/h7-10H,2-6H2,1H3,(H,13,14)/p-1. The Morgan fingerprint density at radius 1 is 1.19 bits per heavy atom. The molecule has 0 saturated heterocycles. The van der Waals surface area contributed by atoms with Gasteiger partial charge in [0, 0.05) is 0 Å². The van der Waals surface area contributed by atoms with Gasteiger partial charge in [0.2, 0.25) is 0 Å². The van der Waals surface area contributed by atoms with Crippen LogP contribution in [0.3, 0.4) is 0 Å². The highest BCUT2D eigenvalue weighted by Gasteiger charge is 1.96. The Labute approximate surface area is 99.3 Å². The summed E-state index contributed by atoms with van der Waals surface area (Å²) in [6, 6.07) is 7.19. The van der Waals surface area contributed by atoms with E-state index in [-0.39, 0.29) is 0 Å². The predicted octanol–water partition coefficient (Wildman–Crippen LogP) is 2.98. The Morgan fingerprint density at radius 3 is 2.44 bits per heavy atom. The second-order valence-corrected chi connectivity index (χ2v) is 4.32. The summed E-state index contributed by atoms with van der Waals surface area (Å²) in [5.41, 5.74) is 1.22. The molecule has 0 aliphatic carbocycles. The minimum absolute atomic E-state index is 0.366. The van der Waals surface area contributed by atoms with Gasteiger partial charge >= 0.3 is 0 Å². The summed E-state index contributed by atoms with van der Waals surface area (Å²) < 4.78 is 25.1. The summed E-state index contributed by atoms with van der Waals surface area (Å²) >= 11 is -2.48. The zero-order valence-corrected chi connectivity index (χ0v) is 10.3. The van der Waals surface area contributed by atoms with Crippen molar-refractivity contribution in [3.63, 3.8) is 0 Å². The Hall–Kier alpha value is -0.870. The van der Waals surface area contributed by atoms with E-state index in [4.69, 9.17) is 0 Å². The maximum absolute atomic E-state index is 10.3. The van der Waals surface area contributed by atoms with Crippen LogP contribution in [0.15, 0.2) is 24.3 Å². The van der Waals surface area contributed by atoms with Crippen LogP contribution in [-0.2, 0) is 17.8 Å². The second-order valence-electron chi connectivity index (χ2n) is 3.74. The molecule has 0 radical (unpaired) electrons. The van der Waals surface area contributed by atoms with Crippen molar-refractivity contribution >= 4 is 11.4 Å². The molecule has 1 unspecified atom stereocenters. The van der Waals surface area contributed by atoms with E-state index in [0.717, 1.165) is 6.42 Å². The zero-order valence-electron chi connectivity index (χ0n) is 9.48. The minimum Gasteiger partial charge on any atom is -0.740 e. The summed E-state index contributed by atoms with van der Waals surface area (Å²) in [5.74, 6) is 0.366. The summed E-state index contributed by atoms with van der Waals surface area (Å²) in [7, 11) is 0. The summed E-state index contributed by atoms with van der Waals surface area (Å²) in [4.78, 5) is 0. The zero-order chi connectivity index (χ0) is 11.8. The Bertz CT molecular complexity index is 322. The highest BCUT2D eigenvalue weighted by atomic mass is 32.2. The number of hydrogen-bond acceptors (Lipinski definition) is 3. The number of aryl methyl sites for hydroxylation is 1. The van der Waals surface area contributed by atoms with Crippen LogP contribution in [0, 0.1) is 0 Å². The van der Waals surface area contributed by atoms with E-state index >= 15 is 0 Å².